The average Bonchev–Trinajstić information content (AvgIpc) is 2.38. The first kappa shape index (κ1) is 12.6. The van der Waals surface area contributed by atoms with Crippen LogP contribution in [0.2, 0.25) is 0 Å². The second kappa shape index (κ2) is 6.18. The molecule has 2 nitrogen and oxygen atoms in total. The van der Waals surface area contributed by atoms with Crippen molar-refractivity contribution < 1.29 is 10.2 Å². The Morgan fingerprint density at radius 1 is 1.18 bits per heavy atom. The van der Waals surface area contributed by atoms with Crippen molar-refractivity contribution >= 4 is 0 Å². The fourth-order valence-corrected chi connectivity index (χ4v) is 3.09. The van der Waals surface area contributed by atoms with Crippen molar-refractivity contribution in [2.75, 3.05) is 19.6 Å². The Morgan fingerprint density at radius 2 is 1.88 bits per heavy atom. The van der Waals surface area contributed by atoms with Crippen LogP contribution in [0.3, 0.4) is 0 Å². The van der Waals surface area contributed by atoms with Gasteiger partial charge in [-0.05, 0) is 12.8 Å². The zero-order chi connectivity index (χ0) is 12.1. The van der Waals surface area contributed by atoms with Crippen LogP contribution in [0, 0.1) is 0 Å². The molecule has 3 N–H and O–H groups in total. The maximum Gasteiger partial charge on any atom is 0.163 e. The van der Waals surface area contributed by atoms with E-state index in [0.717, 1.165) is 6.54 Å². The Hall–Kier alpha value is -0.860. The summed E-state index contributed by atoms with van der Waals surface area (Å²) in [7, 11) is 0. The maximum atomic E-state index is 2.47. The monoisotopic (exact) mass is 234 g/mol. The van der Waals surface area contributed by atoms with E-state index in [1.807, 2.05) is 0 Å². The number of nitrogens with two attached hydrogens (primary N) is 1. The van der Waals surface area contributed by atoms with E-state index in [-0.39, 0.29) is 0 Å². The van der Waals surface area contributed by atoms with Crippen LogP contribution >= 0.6 is 0 Å². The molecule has 0 unspecified atom stereocenters. The van der Waals surface area contributed by atoms with Gasteiger partial charge in [-0.15, -0.1) is 0 Å². The molecule has 1 heterocycles. The molecule has 0 aromatic heterocycles. The lowest BCUT2D eigenvalue weighted by molar-refractivity contribution is -0.948. The molecule has 0 bridgehead atoms. The molecule has 1 atom stereocenters. The van der Waals surface area contributed by atoms with Gasteiger partial charge in [0.25, 0.3) is 0 Å². The highest BCUT2D eigenvalue weighted by atomic mass is 15.2. The Morgan fingerprint density at radius 3 is 2.59 bits per heavy atom. The van der Waals surface area contributed by atoms with Gasteiger partial charge in [0.15, 0.2) is 6.04 Å². The minimum absolute atomic E-state index is 0.708. The van der Waals surface area contributed by atoms with Gasteiger partial charge in [0.2, 0.25) is 0 Å². The van der Waals surface area contributed by atoms with E-state index in [4.69, 9.17) is 0 Å². The molecule has 2 rings (SSSR count). The van der Waals surface area contributed by atoms with Crippen molar-refractivity contribution in [3.63, 3.8) is 0 Å². The van der Waals surface area contributed by atoms with Gasteiger partial charge in [0.05, 0.1) is 13.1 Å². The van der Waals surface area contributed by atoms with Crippen LogP contribution in [0.4, 0.5) is 0 Å². The van der Waals surface area contributed by atoms with Gasteiger partial charge in [-0.25, -0.2) is 0 Å². The van der Waals surface area contributed by atoms with Crippen LogP contribution in [0.15, 0.2) is 24.3 Å². The fraction of sp³-hybridized carbons (Fsp3) is 0.600. The van der Waals surface area contributed by atoms with E-state index in [0.29, 0.717) is 6.04 Å². The Bertz CT molecular complexity index is 343. The standard InChI is InChI=1S/C15H24N2/c1-3-9-17(10-4-2)15-12-16-11-13-7-5-6-8-14(13)15/h5-8,15-16H,3-4,9-12H2,1-2H3/p+2/t15-/m0/s1. The van der Waals surface area contributed by atoms with Crippen LogP contribution < -0.4 is 10.2 Å². The quantitative estimate of drug-likeness (QED) is 0.741. The van der Waals surface area contributed by atoms with Crippen molar-refractivity contribution in [1.29, 1.82) is 0 Å². The van der Waals surface area contributed by atoms with Crippen LogP contribution in [-0.2, 0) is 6.54 Å². The lowest BCUT2D eigenvalue weighted by Gasteiger charge is -2.31. The summed E-state index contributed by atoms with van der Waals surface area (Å²) in [6.07, 6.45) is 2.57. The molecule has 1 aromatic rings. The Balaban J connectivity index is 2.20. The fourth-order valence-electron chi connectivity index (χ4n) is 3.09. The summed E-state index contributed by atoms with van der Waals surface area (Å²) >= 11 is 0. The van der Waals surface area contributed by atoms with Crippen molar-refractivity contribution in [1.82, 2.24) is 0 Å². The first-order valence-electron chi connectivity index (χ1n) is 7.10. The number of fused-ring (bicyclic) bond motifs is 1. The molecule has 1 aliphatic heterocycles. The summed E-state index contributed by atoms with van der Waals surface area (Å²) in [5.41, 5.74) is 3.15. The third kappa shape index (κ3) is 2.88. The van der Waals surface area contributed by atoms with E-state index in [1.54, 1.807) is 16.0 Å². The summed E-state index contributed by atoms with van der Waals surface area (Å²) in [5.74, 6) is 0. The summed E-state index contributed by atoms with van der Waals surface area (Å²) in [4.78, 5) is 1.78. The number of hydrogen-bond donors (Lipinski definition) is 2. The lowest BCUT2D eigenvalue weighted by Crippen LogP contribution is -3.15. The second-order valence-electron chi connectivity index (χ2n) is 5.14. The average molecular weight is 234 g/mol. The normalized spacial score (nSPS) is 19.4. The highest BCUT2D eigenvalue weighted by Crippen LogP contribution is 2.16. The molecule has 2 heteroatoms. The van der Waals surface area contributed by atoms with E-state index < -0.39 is 0 Å². The molecular formula is C15H26N2+2. The summed E-state index contributed by atoms with van der Waals surface area (Å²) in [6.45, 7) is 9.63. The number of nitrogens with one attached hydrogen (secondary N) is 1. The van der Waals surface area contributed by atoms with E-state index >= 15 is 0 Å². The van der Waals surface area contributed by atoms with Crippen LogP contribution in [0.1, 0.15) is 43.9 Å². The zero-order valence-electron chi connectivity index (χ0n) is 11.2. The smallest absolute Gasteiger partial charge is 0.163 e. The van der Waals surface area contributed by atoms with Gasteiger partial charge in [-0.1, -0.05) is 38.1 Å². The third-order valence-electron chi connectivity index (χ3n) is 3.83. The molecule has 0 amide bonds. The predicted octanol–water partition coefficient (Wildman–Crippen LogP) is 0.510. The number of hydrogen-bond acceptors (Lipinski definition) is 0. The minimum Gasteiger partial charge on any atom is -0.337 e. The van der Waals surface area contributed by atoms with Gasteiger partial charge in [0.1, 0.15) is 13.1 Å². The summed E-state index contributed by atoms with van der Waals surface area (Å²) < 4.78 is 0. The van der Waals surface area contributed by atoms with Crippen molar-refractivity contribution in [3.05, 3.63) is 35.4 Å². The van der Waals surface area contributed by atoms with Gasteiger partial charge in [0, 0.05) is 11.1 Å². The molecule has 1 aliphatic rings. The number of benzene rings is 1. The van der Waals surface area contributed by atoms with Crippen LogP contribution in [0.5, 0.6) is 0 Å². The lowest BCUT2D eigenvalue weighted by atomic mass is 9.95. The summed E-state index contributed by atoms with van der Waals surface area (Å²) in [6, 6.07) is 9.73. The number of quaternary nitrogens is 2. The first-order valence-corrected chi connectivity index (χ1v) is 7.10. The van der Waals surface area contributed by atoms with Gasteiger partial charge in [-0.2, -0.15) is 0 Å². The van der Waals surface area contributed by atoms with Gasteiger partial charge < -0.3 is 10.2 Å². The zero-order valence-corrected chi connectivity index (χ0v) is 11.2. The molecule has 0 spiro atoms. The molecule has 1 aromatic carbocycles. The van der Waals surface area contributed by atoms with Crippen molar-refractivity contribution in [2.24, 2.45) is 0 Å². The molecule has 0 saturated heterocycles. The van der Waals surface area contributed by atoms with Gasteiger partial charge in [-0.3, -0.25) is 0 Å². The Labute approximate surface area is 105 Å². The highest BCUT2D eigenvalue weighted by molar-refractivity contribution is 5.29. The van der Waals surface area contributed by atoms with Crippen LogP contribution in [0.25, 0.3) is 0 Å². The molecular weight excluding hydrogens is 208 g/mol. The topological polar surface area (TPSA) is 21.1 Å². The second-order valence-corrected chi connectivity index (χ2v) is 5.14. The third-order valence-corrected chi connectivity index (χ3v) is 3.83. The first-order chi connectivity index (χ1) is 8.36. The Kier molecular flexibility index (Phi) is 4.57. The molecule has 17 heavy (non-hydrogen) atoms. The molecule has 0 saturated carbocycles. The molecule has 0 radical (unpaired) electrons. The molecule has 0 fully saturated rings. The van der Waals surface area contributed by atoms with Gasteiger partial charge >= 0.3 is 0 Å². The predicted molar refractivity (Wildman–Crippen MR) is 71.0 cm³/mol. The van der Waals surface area contributed by atoms with Crippen molar-refractivity contribution in [3.8, 4) is 0 Å². The maximum absolute atomic E-state index is 2.47. The number of rotatable bonds is 5. The van der Waals surface area contributed by atoms with Crippen molar-refractivity contribution in [2.45, 2.75) is 39.3 Å². The van der Waals surface area contributed by atoms with E-state index in [9.17, 15) is 0 Å². The van der Waals surface area contributed by atoms with Crippen LogP contribution in [-0.4, -0.2) is 19.6 Å². The van der Waals surface area contributed by atoms with E-state index in [1.165, 1.54) is 32.5 Å². The molecule has 0 aliphatic carbocycles. The molecule has 94 valence electrons. The highest BCUT2D eigenvalue weighted by Gasteiger charge is 2.30. The summed E-state index contributed by atoms with van der Waals surface area (Å²) in [5, 5.41) is 2.47. The minimum atomic E-state index is 0.708. The largest absolute Gasteiger partial charge is 0.337 e. The SMILES string of the molecule is CCC[NH+](CCC)[C@H]1C[NH2+]Cc2ccccc21. The van der Waals surface area contributed by atoms with E-state index in [2.05, 4.69) is 43.4 Å².